The van der Waals surface area contributed by atoms with Crippen LogP contribution in [-0.4, -0.2) is 21.3 Å². The molecule has 54 valence electrons. The zero-order valence-electron chi connectivity index (χ0n) is 5.38. The molecule has 0 saturated carbocycles. The number of nitrogens with one attached hydrogen (secondary N) is 2. The van der Waals surface area contributed by atoms with Crippen molar-refractivity contribution in [2.24, 2.45) is 0 Å². The van der Waals surface area contributed by atoms with E-state index in [0.29, 0.717) is 0 Å². The number of nitrogens with zero attached hydrogens (tertiary/aromatic N) is 1. The molecule has 0 fully saturated rings. The minimum Gasteiger partial charge on any atom is -0.288 e. The predicted octanol–water partition coefficient (Wildman–Crippen LogP) is -0.163. The second-order valence-electron chi connectivity index (χ2n) is 1.88. The summed E-state index contributed by atoms with van der Waals surface area (Å²) < 4.78 is 0. The van der Waals surface area contributed by atoms with E-state index in [1.165, 1.54) is 11.5 Å². The maximum absolute atomic E-state index is 10.6. The first kappa shape index (κ1) is 6.76. The molecule has 1 aromatic heterocycles. The predicted molar refractivity (Wildman–Crippen MR) is 32.6 cm³/mol. The number of H-pyrrole nitrogens is 1. The number of aromatic amines is 1. The minimum atomic E-state index is -0.607. The van der Waals surface area contributed by atoms with E-state index in [0.717, 1.165) is 5.69 Å². The average molecular weight is 141 g/mol. The third kappa shape index (κ3) is 1.14. The van der Waals surface area contributed by atoms with E-state index in [9.17, 15) is 4.79 Å². The molecule has 1 amide bonds. The van der Waals surface area contributed by atoms with Crippen molar-refractivity contribution in [3.8, 4) is 0 Å². The number of hydrogen-bond acceptors (Lipinski definition) is 3. The Kier molecular flexibility index (Phi) is 1.68. The number of amides is 1. The van der Waals surface area contributed by atoms with Crippen molar-refractivity contribution in [1.82, 2.24) is 15.7 Å². The van der Waals surface area contributed by atoms with Gasteiger partial charge in [-0.2, -0.15) is 5.10 Å². The molecule has 0 aliphatic rings. The molecule has 0 saturated heterocycles. The van der Waals surface area contributed by atoms with Crippen molar-refractivity contribution in [1.29, 1.82) is 0 Å². The van der Waals surface area contributed by atoms with Crippen molar-refractivity contribution in [2.45, 2.75) is 6.92 Å². The van der Waals surface area contributed by atoms with E-state index in [-0.39, 0.29) is 5.69 Å². The topological polar surface area (TPSA) is 78.0 Å². The molecule has 0 unspecified atom stereocenters. The molecule has 1 rings (SSSR count). The molecular formula is C5H7N3O2. The van der Waals surface area contributed by atoms with Crippen LogP contribution in [0.5, 0.6) is 0 Å². The van der Waals surface area contributed by atoms with Gasteiger partial charge in [-0.1, -0.05) is 0 Å². The van der Waals surface area contributed by atoms with E-state index in [4.69, 9.17) is 5.21 Å². The molecule has 0 aromatic carbocycles. The average Bonchev–Trinajstić information content (AvgIpc) is 2.34. The number of carbonyl (C=O) groups excluding carboxylic acids is 1. The van der Waals surface area contributed by atoms with Gasteiger partial charge in [0.05, 0.1) is 0 Å². The van der Waals surface area contributed by atoms with Crippen LogP contribution in [0.25, 0.3) is 0 Å². The van der Waals surface area contributed by atoms with E-state index in [1.807, 2.05) is 0 Å². The molecule has 5 nitrogen and oxygen atoms in total. The van der Waals surface area contributed by atoms with Gasteiger partial charge in [0.1, 0.15) is 0 Å². The lowest BCUT2D eigenvalue weighted by molar-refractivity contribution is 0.0700. The Hall–Kier alpha value is -1.36. The molecule has 0 atom stereocenters. The first-order valence-electron chi connectivity index (χ1n) is 2.70. The Balaban J connectivity index is 2.85. The van der Waals surface area contributed by atoms with Crippen molar-refractivity contribution < 1.29 is 10.0 Å². The lowest BCUT2D eigenvalue weighted by atomic mass is 10.4. The highest BCUT2D eigenvalue weighted by Crippen LogP contribution is 1.95. The molecular weight excluding hydrogens is 134 g/mol. The van der Waals surface area contributed by atoms with E-state index < -0.39 is 5.91 Å². The van der Waals surface area contributed by atoms with Gasteiger partial charge in [-0.3, -0.25) is 15.1 Å². The summed E-state index contributed by atoms with van der Waals surface area (Å²) in [6.07, 6.45) is 0. The fourth-order valence-corrected chi connectivity index (χ4v) is 0.592. The van der Waals surface area contributed by atoms with Gasteiger partial charge in [0.2, 0.25) is 0 Å². The van der Waals surface area contributed by atoms with Crippen LogP contribution in [0.2, 0.25) is 0 Å². The number of aryl methyl sites for hydroxylation is 1. The van der Waals surface area contributed by atoms with Gasteiger partial charge < -0.3 is 0 Å². The molecule has 0 radical (unpaired) electrons. The summed E-state index contributed by atoms with van der Waals surface area (Å²) in [6, 6.07) is 1.53. The van der Waals surface area contributed by atoms with Gasteiger partial charge >= 0.3 is 0 Å². The molecule has 1 aromatic rings. The third-order valence-corrected chi connectivity index (χ3v) is 1.04. The van der Waals surface area contributed by atoms with E-state index >= 15 is 0 Å². The number of carbonyl (C=O) groups is 1. The Labute approximate surface area is 57.0 Å². The van der Waals surface area contributed by atoms with Gasteiger partial charge in [-0.15, -0.1) is 0 Å². The molecule has 10 heavy (non-hydrogen) atoms. The zero-order chi connectivity index (χ0) is 7.56. The Morgan fingerprint density at radius 1 is 1.90 bits per heavy atom. The largest absolute Gasteiger partial charge is 0.295 e. The number of hydroxylamine groups is 1. The lowest BCUT2D eigenvalue weighted by Crippen LogP contribution is -2.18. The molecule has 1 heterocycles. The summed E-state index contributed by atoms with van der Waals surface area (Å²) in [5.74, 6) is -0.607. The fraction of sp³-hybridized carbons (Fsp3) is 0.200. The highest BCUT2D eigenvalue weighted by molar-refractivity contribution is 5.91. The van der Waals surface area contributed by atoms with Gasteiger partial charge in [0, 0.05) is 5.69 Å². The summed E-state index contributed by atoms with van der Waals surface area (Å²) in [4.78, 5) is 10.6. The lowest BCUT2D eigenvalue weighted by Gasteiger charge is -1.88. The molecule has 0 aliphatic carbocycles. The standard InChI is InChI=1S/C5H7N3O2/c1-3-2-4(7-6-3)5(9)8-10/h2,10H,1H3,(H,6,7)(H,8,9). The van der Waals surface area contributed by atoms with Gasteiger partial charge in [-0.05, 0) is 13.0 Å². The summed E-state index contributed by atoms with van der Waals surface area (Å²) in [5.41, 5.74) is 2.43. The van der Waals surface area contributed by atoms with E-state index in [1.54, 1.807) is 6.92 Å². The van der Waals surface area contributed by atoms with Crippen LogP contribution >= 0.6 is 0 Å². The minimum absolute atomic E-state index is 0.181. The number of hydrogen-bond donors (Lipinski definition) is 3. The quantitative estimate of drug-likeness (QED) is 0.375. The van der Waals surface area contributed by atoms with Crippen LogP contribution in [0.15, 0.2) is 6.07 Å². The molecule has 0 bridgehead atoms. The Bertz CT molecular complexity index is 243. The highest BCUT2D eigenvalue weighted by Gasteiger charge is 2.05. The monoisotopic (exact) mass is 141 g/mol. The first-order valence-corrected chi connectivity index (χ1v) is 2.70. The molecule has 0 aliphatic heterocycles. The van der Waals surface area contributed by atoms with Crippen LogP contribution in [-0.2, 0) is 0 Å². The molecule has 0 spiro atoms. The normalized spacial score (nSPS) is 9.40. The SMILES string of the molecule is Cc1cc(C(=O)NO)n[nH]1. The van der Waals surface area contributed by atoms with Gasteiger partial charge in [0.25, 0.3) is 5.91 Å². The summed E-state index contributed by atoms with van der Waals surface area (Å²) in [5, 5.41) is 14.3. The van der Waals surface area contributed by atoms with Crippen molar-refractivity contribution in [2.75, 3.05) is 0 Å². The highest BCUT2D eigenvalue weighted by atomic mass is 16.5. The van der Waals surface area contributed by atoms with Crippen molar-refractivity contribution in [3.05, 3.63) is 17.5 Å². The zero-order valence-corrected chi connectivity index (χ0v) is 5.38. The summed E-state index contributed by atoms with van der Waals surface area (Å²) in [6.45, 7) is 1.77. The van der Waals surface area contributed by atoms with Crippen LogP contribution in [0.1, 0.15) is 16.2 Å². The Morgan fingerprint density at radius 2 is 2.60 bits per heavy atom. The number of rotatable bonds is 1. The smallest absolute Gasteiger partial charge is 0.288 e. The molecule has 5 heteroatoms. The maximum Gasteiger partial charge on any atom is 0.295 e. The van der Waals surface area contributed by atoms with Crippen LogP contribution in [0.4, 0.5) is 0 Å². The summed E-state index contributed by atoms with van der Waals surface area (Å²) in [7, 11) is 0. The first-order chi connectivity index (χ1) is 4.74. The van der Waals surface area contributed by atoms with Crippen LogP contribution in [0, 0.1) is 6.92 Å². The van der Waals surface area contributed by atoms with Crippen molar-refractivity contribution in [3.63, 3.8) is 0 Å². The second kappa shape index (κ2) is 2.49. The summed E-state index contributed by atoms with van der Waals surface area (Å²) >= 11 is 0. The third-order valence-electron chi connectivity index (χ3n) is 1.04. The maximum atomic E-state index is 10.6. The molecule has 3 N–H and O–H groups in total. The Morgan fingerprint density at radius 3 is 3.00 bits per heavy atom. The second-order valence-corrected chi connectivity index (χ2v) is 1.88. The van der Waals surface area contributed by atoms with Crippen molar-refractivity contribution >= 4 is 5.91 Å². The van der Waals surface area contributed by atoms with Gasteiger partial charge in [0.15, 0.2) is 5.69 Å². The van der Waals surface area contributed by atoms with Crippen LogP contribution < -0.4 is 5.48 Å². The fourth-order valence-electron chi connectivity index (χ4n) is 0.592. The van der Waals surface area contributed by atoms with Gasteiger partial charge in [-0.25, -0.2) is 5.48 Å². The van der Waals surface area contributed by atoms with Crippen LogP contribution in [0.3, 0.4) is 0 Å². The number of aromatic nitrogens is 2. The van der Waals surface area contributed by atoms with E-state index in [2.05, 4.69) is 10.2 Å².